The summed E-state index contributed by atoms with van der Waals surface area (Å²) in [5.74, 6) is 1.38. The summed E-state index contributed by atoms with van der Waals surface area (Å²) in [5.41, 5.74) is 5.72. The Morgan fingerprint density at radius 3 is 2.84 bits per heavy atom. The van der Waals surface area contributed by atoms with Gasteiger partial charge in [-0.15, -0.1) is 0 Å². The smallest absolute Gasteiger partial charge is 0.257 e. The highest BCUT2D eigenvalue weighted by Gasteiger charge is 2.24. The standard InChI is InChI=1S/C11H15N7O/c12-9-14-10(17-5-2-8(6-17)7-19)16-11(15-9)18-4-1-3-13-18/h1,3-4,8,19H,2,5-7H2,(H2,12,14,15,16). The van der Waals surface area contributed by atoms with E-state index < -0.39 is 0 Å². The van der Waals surface area contributed by atoms with E-state index in [1.54, 1.807) is 23.1 Å². The summed E-state index contributed by atoms with van der Waals surface area (Å²) in [4.78, 5) is 14.6. The second kappa shape index (κ2) is 4.81. The molecule has 0 saturated carbocycles. The monoisotopic (exact) mass is 261 g/mol. The Kier molecular flexibility index (Phi) is 3.00. The molecule has 3 N–H and O–H groups in total. The molecule has 1 unspecified atom stereocenters. The van der Waals surface area contributed by atoms with Crippen LogP contribution in [0.1, 0.15) is 6.42 Å². The van der Waals surface area contributed by atoms with E-state index >= 15 is 0 Å². The van der Waals surface area contributed by atoms with Crippen molar-refractivity contribution >= 4 is 11.9 Å². The summed E-state index contributed by atoms with van der Waals surface area (Å²) in [6.45, 7) is 1.73. The van der Waals surface area contributed by atoms with E-state index in [-0.39, 0.29) is 18.5 Å². The van der Waals surface area contributed by atoms with Gasteiger partial charge in [-0.3, -0.25) is 0 Å². The summed E-state index contributed by atoms with van der Waals surface area (Å²) in [5, 5.41) is 13.2. The zero-order valence-electron chi connectivity index (χ0n) is 10.3. The summed E-state index contributed by atoms with van der Waals surface area (Å²) in [6, 6.07) is 1.79. The van der Waals surface area contributed by atoms with Crippen LogP contribution in [0.2, 0.25) is 0 Å². The van der Waals surface area contributed by atoms with Gasteiger partial charge in [-0.25, -0.2) is 4.68 Å². The van der Waals surface area contributed by atoms with Crippen LogP contribution in [-0.2, 0) is 0 Å². The minimum atomic E-state index is 0.169. The van der Waals surface area contributed by atoms with Gasteiger partial charge in [0.1, 0.15) is 0 Å². The Labute approximate surface area is 109 Å². The molecule has 3 rings (SSSR count). The molecule has 0 aliphatic carbocycles. The number of anilines is 2. The Balaban J connectivity index is 1.90. The predicted molar refractivity (Wildman–Crippen MR) is 68.8 cm³/mol. The maximum Gasteiger partial charge on any atom is 0.257 e. The van der Waals surface area contributed by atoms with Crippen LogP contribution in [0, 0.1) is 5.92 Å². The van der Waals surface area contributed by atoms with Gasteiger partial charge in [0, 0.05) is 38.0 Å². The number of nitrogens with zero attached hydrogens (tertiary/aromatic N) is 6. The first-order chi connectivity index (χ1) is 9.26. The number of rotatable bonds is 3. The third kappa shape index (κ3) is 2.34. The molecule has 0 radical (unpaired) electrons. The zero-order valence-corrected chi connectivity index (χ0v) is 10.3. The lowest BCUT2D eigenvalue weighted by atomic mass is 10.1. The lowest BCUT2D eigenvalue weighted by molar-refractivity contribution is 0.238. The molecule has 1 aliphatic heterocycles. The first kappa shape index (κ1) is 11.8. The van der Waals surface area contributed by atoms with Crippen molar-refractivity contribution in [3.8, 4) is 5.95 Å². The van der Waals surface area contributed by atoms with E-state index in [1.165, 1.54) is 0 Å². The van der Waals surface area contributed by atoms with Crippen LogP contribution in [-0.4, -0.2) is 49.5 Å². The van der Waals surface area contributed by atoms with Gasteiger partial charge < -0.3 is 15.7 Å². The van der Waals surface area contributed by atoms with Crippen LogP contribution in [0.5, 0.6) is 0 Å². The molecule has 3 heterocycles. The highest BCUT2D eigenvalue weighted by molar-refractivity contribution is 5.38. The first-order valence-electron chi connectivity index (χ1n) is 6.13. The molecule has 100 valence electrons. The Morgan fingerprint density at radius 2 is 2.16 bits per heavy atom. The van der Waals surface area contributed by atoms with Crippen molar-refractivity contribution in [1.29, 1.82) is 0 Å². The third-order valence-electron chi connectivity index (χ3n) is 3.17. The number of hydrogen-bond acceptors (Lipinski definition) is 7. The minimum Gasteiger partial charge on any atom is -0.396 e. The van der Waals surface area contributed by atoms with Gasteiger partial charge in [0.2, 0.25) is 11.9 Å². The maximum absolute atomic E-state index is 9.17. The summed E-state index contributed by atoms with van der Waals surface area (Å²) in [7, 11) is 0. The molecule has 1 saturated heterocycles. The maximum atomic E-state index is 9.17. The normalized spacial score (nSPS) is 19.0. The van der Waals surface area contributed by atoms with Gasteiger partial charge in [-0.2, -0.15) is 20.1 Å². The molecule has 8 nitrogen and oxygen atoms in total. The molecule has 8 heteroatoms. The Morgan fingerprint density at radius 1 is 1.32 bits per heavy atom. The van der Waals surface area contributed by atoms with Crippen molar-refractivity contribution in [2.75, 3.05) is 30.3 Å². The summed E-state index contributed by atoms with van der Waals surface area (Å²) in [6.07, 6.45) is 4.33. The zero-order chi connectivity index (χ0) is 13.2. The van der Waals surface area contributed by atoms with Gasteiger partial charge in [0.05, 0.1) is 0 Å². The minimum absolute atomic E-state index is 0.169. The molecule has 0 amide bonds. The molecule has 1 atom stereocenters. The highest BCUT2D eigenvalue weighted by Crippen LogP contribution is 2.21. The molecule has 19 heavy (non-hydrogen) atoms. The number of aliphatic hydroxyl groups is 1. The molecule has 0 spiro atoms. The van der Waals surface area contributed by atoms with Crippen LogP contribution in [0.4, 0.5) is 11.9 Å². The second-order valence-electron chi connectivity index (χ2n) is 4.53. The number of hydrogen-bond donors (Lipinski definition) is 2. The first-order valence-corrected chi connectivity index (χ1v) is 6.13. The SMILES string of the molecule is Nc1nc(N2CCC(CO)C2)nc(-n2cccn2)n1. The highest BCUT2D eigenvalue weighted by atomic mass is 16.3. The second-order valence-corrected chi connectivity index (χ2v) is 4.53. The Bertz CT molecular complexity index is 556. The molecule has 1 fully saturated rings. The van der Waals surface area contributed by atoms with Crippen LogP contribution < -0.4 is 10.6 Å². The van der Waals surface area contributed by atoms with Crippen molar-refractivity contribution in [3.63, 3.8) is 0 Å². The number of aromatic nitrogens is 5. The van der Waals surface area contributed by atoms with Crippen molar-refractivity contribution in [2.45, 2.75) is 6.42 Å². The van der Waals surface area contributed by atoms with E-state index in [9.17, 15) is 5.11 Å². The lowest BCUT2D eigenvalue weighted by Gasteiger charge is -2.16. The van der Waals surface area contributed by atoms with Crippen LogP contribution in [0.15, 0.2) is 18.5 Å². The number of aliphatic hydroxyl groups excluding tert-OH is 1. The molecular weight excluding hydrogens is 246 g/mol. The predicted octanol–water partition coefficient (Wildman–Crippen LogP) is -0.542. The van der Waals surface area contributed by atoms with Crippen LogP contribution >= 0.6 is 0 Å². The van der Waals surface area contributed by atoms with Crippen molar-refractivity contribution in [3.05, 3.63) is 18.5 Å². The average Bonchev–Trinajstić information content (AvgIpc) is 3.09. The van der Waals surface area contributed by atoms with Crippen molar-refractivity contribution in [1.82, 2.24) is 24.7 Å². The molecule has 1 aliphatic rings. The Hall–Kier alpha value is -2.22. The third-order valence-corrected chi connectivity index (χ3v) is 3.17. The lowest BCUT2D eigenvalue weighted by Crippen LogP contribution is -2.24. The topological polar surface area (TPSA) is 106 Å². The van der Waals surface area contributed by atoms with Gasteiger partial charge in [0.15, 0.2) is 0 Å². The van der Waals surface area contributed by atoms with E-state index in [0.29, 0.717) is 11.9 Å². The molecule has 0 aromatic carbocycles. The van der Waals surface area contributed by atoms with Gasteiger partial charge in [-0.05, 0) is 12.5 Å². The average molecular weight is 261 g/mol. The fraction of sp³-hybridized carbons (Fsp3) is 0.455. The molecule has 0 bridgehead atoms. The summed E-state index contributed by atoms with van der Waals surface area (Å²) < 4.78 is 1.54. The quantitative estimate of drug-likeness (QED) is 0.764. The molecule has 2 aromatic rings. The summed E-state index contributed by atoms with van der Waals surface area (Å²) >= 11 is 0. The van der Waals surface area contributed by atoms with E-state index in [0.717, 1.165) is 19.5 Å². The fourth-order valence-corrected chi connectivity index (χ4v) is 2.16. The van der Waals surface area contributed by atoms with Crippen LogP contribution in [0.25, 0.3) is 5.95 Å². The van der Waals surface area contributed by atoms with Crippen molar-refractivity contribution in [2.24, 2.45) is 5.92 Å². The van der Waals surface area contributed by atoms with Gasteiger partial charge >= 0.3 is 0 Å². The van der Waals surface area contributed by atoms with Gasteiger partial charge in [0.25, 0.3) is 5.95 Å². The largest absolute Gasteiger partial charge is 0.396 e. The van der Waals surface area contributed by atoms with E-state index in [4.69, 9.17) is 5.73 Å². The molecule has 2 aromatic heterocycles. The number of nitrogen functional groups attached to an aromatic ring is 1. The van der Waals surface area contributed by atoms with E-state index in [2.05, 4.69) is 20.1 Å². The molecular formula is C11H15N7O. The van der Waals surface area contributed by atoms with Crippen molar-refractivity contribution < 1.29 is 5.11 Å². The van der Waals surface area contributed by atoms with Crippen LogP contribution in [0.3, 0.4) is 0 Å². The van der Waals surface area contributed by atoms with Gasteiger partial charge in [-0.1, -0.05) is 0 Å². The van der Waals surface area contributed by atoms with E-state index in [1.807, 2.05) is 4.90 Å². The number of nitrogens with two attached hydrogens (primary N) is 1. The fourth-order valence-electron chi connectivity index (χ4n) is 2.16.